The van der Waals surface area contributed by atoms with Gasteiger partial charge in [0.2, 0.25) is 10.0 Å². The number of imidazole rings is 1. The van der Waals surface area contributed by atoms with Crippen LogP contribution in [0.1, 0.15) is 11.4 Å². The number of fused-ring (bicyclic) bond motifs is 1. The van der Waals surface area contributed by atoms with Crippen LogP contribution in [0.3, 0.4) is 0 Å². The first-order valence-electron chi connectivity index (χ1n) is 6.65. The Hall–Kier alpha value is -1.89. The Kier molecular flexibility index (Phi) is 3.90. The highest BCUT2D eigenvalue weighted by atomic mass is 35.5. The first-order chi connectivity index (χ1) is 10.5. The SMILES string of the molecule is Cc1nc2ccc(CNS(=O)(=O)c3ccccc3Cl)cc2[nH]1. The fraction of sp³-hybridized carbons (Fsp3) is 0.133. The normalized spacial score (nSPS) is 11.9. The monoisotopic (exact) mass is 335 g/mol. The summed E-state index contributed by atoms with van der Waals surface area (Å²) in [6.07, 6.45) is 0. The van der Waals surface area contributed by atoms with Gasteiger partial charge in [-0.05, 0) is 36.8 Å². The van der Waals surface area contributed by atoms with Crippen molar-refractivity contribution in [3.05, 3.63) is 58.9 Å². The molecule has 0 fully saturated rings. The van der Waals surface area contributed by atoms with Gasteiger partial charge in [0.1, 0.15) is 10.7 Å². The molecule has 0 aliphatic carbocycles. The fourth-order valence-electron chi connectivity index (χ4n) is 2.21. The molecule has 5 nitrogen and oxygen atoms in total. The summed E-state index contributed by atoms with van der Waals surface area (Å²) in [6, 6.07) is 11.9. The van der Waals surface area contributed by atoms with Crippen LogP contribution in [-0.4, -0.2) is 18.4 Å². The van der Waals surface area contributed by atoms with E-state index in [-0.39, 0.29) is 16.5 Å². The summed E-state index contributed by atoms with van der Waals surface area (Å²) in [4.78, 5) is 7.52. The summed E-state index contributed by atoms with van der Waals surface area (Å²) in [5, 5.41) is 0.203. The lowest BCUT2D eigenvalue weighted by Gasteiger charge is -2.08. The van der Waals surface area contributed by atoms with Gasteiger partial charge in [0.05, 0.1) is 16.1 Å². The van der Waals surface area contributed by atoms with Crippen molar-refractivity contribution >= 4 is 32.7 Å². The summed E-state index contributed by atoms with van der Waals surface area (Å²) in [5.74, 6) is 0.823. The summed E-state index contributed by atoms with van der Waals surface area (Å²) in [7, 11) is -3.64. The van der Waals surface area contributed by atoms with Crippen molar-refractivity contribution in [3.8, 4) is 0 Å². The lowest BCUT2D eigenvalue weighted by Crippen LogP contribution is -2.23. The lowest BCUT2D eigenvalue weighted by atomic mass is 10.2. The van der Waals surface area contributed by atoms with Gasteiger partial charge in [0.25, 0.3) is 0 Å². The molecule has 1 aromatic heterocycles. The van der Waals surface area contributed by atoms with Crippen LogP contribution >= 0.6 is 11.6 Å². The first-order valence-corrected chi connectivity index (χ1v) is 8.51. The van der Waals surface area contributed by atoms with Crippen molar-refractivity contribution in [1.82, 2.24) is 14.7 Å². The van der Waals surface area contributed by atoms with E-state index in [0.29, 0.717) is 0 Å². The Morgan fingerprint density at radius 1 is 1.23 bits per heavy atom. The number of nitrogens with zero attached hydrogens (tertiary/aromatic N) is 1. The Morgan fingerprint density at radius 2 is 2.00 bits per heavy atom. The van der Waals surface area contributed by atoms with E-state index in [0.717, 1.165) is 22.4 Å². The number of aromatic nitrogens is 2. The maximum absolute atomic E-state index is 12.3. The molecule has 3 rings (SSSR count). The highest BCUT2D eigenvalue weighted by Crippen LogP contribution is 2.21. The number of aromatic amines is 1. The number of benzene rings is 2. The van der Waals surface area contributed by atoms with Crippen LogP contribution in [0.4, 0.5) is 0 Å². The molecule has 3 aromatic rings. The molecule has 22 heavy (non-hydrogen) atoms. The Bertz CT molecular complexity index is 935. The van der Waals surface area contributed by atoms with Gasteiger partial charge in [-0.2, -0.15) is 0 Å². The van der Waals surface area contributed by atoms with Crippen LogP contribution in [0.15, 0.2) is 47.4 Å². The number of hydrogen-bond donors (Lipinski definition) is 2. The summed E-state index contributed by atoms with van der Waals surface area (Å²) in [5.41, 5.74) is 2.58. The summed E-state index contributed by atoms with van der Waals surface area (Å²) in [6.45, 7) is 2.06. The van der Waals surface area contributed by atoms with Gasteiger partial charge in [0.15, 0.2) is 0 Å². The van der Waals surface area contributed by atoms with Gasteiger partial charge in [-0.15, -0.1) is 0 Å². The minimum atomic E-state index is -3.64. The molecule has 2 N–H and O–H groups in total. The van der Waals surface area contributed by atoms with E-state index in [1.54, 1.807) is 18.2 Å². The largest absolute Gasteiger partial charge is 0.342 e. The van der Waals surface area contributed by atoms with Crippen molar-refractivity contribution < 1.29 is 8.42 Å². The van der Waals surface area contributed by atoms with Gasteiger partial charge >= 0.3 is 0 Å². The predicted molar refractivity (Wildman–Crippen MR) is 86.3 cm³/mol. The van der Waals surface area contributed by atoms with E-state index in [1.807, 2.05) is 25.1 Å². The second kappa shape index (κ2) is 5.72. The van der Waals surface area contributed by atoms with Crippen molar-refractivity contribution in [2.45, 2.75) is 18.4 Å². The van der Waals surface area contributed by atoms with Crippen molar-refractivity contribution in [1.29, 1.82) is 0 Å². The molecule has 0 saturated carbocycles. The van der Waals surface area contributed by atoms with Crippen LogP contribution in [0.2, 0.25) is 5.02 Å². The molecule has 0 aliphatic rings. The first kappa shape index (κ1) is 15.0. The van der Waals surface area contributed by atoms with Gasteiger partial charge in [-0.25, -0.2) is 18.1 Å². The Balaban J connectivity index is 1.82. The molecule has 0 aliphatic heterocycles. The molecule has 0 spiro atoms. The second-order valence-corrected chi connectivity index (χ2v) is 7.07. The molecule has 0 amide bonds. The van der Waals surface area contributed by atoms with E-state index >= 15 is 0 Å². The number of nitrogens with one attached hydrogen (secondary N) is 2. The minimum absolute atomic E-state index is 0.0788. The molecule has 2 aromatic carbocycles. The van der Waals surface area contributed by atoms with E-state index < -0.39 is 10.0 Å². The van der Waals surface area contributed by atoms with Gasteiger partial charge in [-0.3, -0.25) is 0 Å². The van der Waals surface area contributed by atoms with Crippen molar-refractivity contribution in [2.75, 3.05) is 0 Å². The molecule has 0 bridgehead atoms. The Labute approximate surface area is 133 Å². The number of hydrogen-bond acceptors (Lipinski definition) is 3. The van der Waals surface area contributed by atoms with Crippen molar-refractivity contribution in [3.63, 3.8) is 0 Å². The molecule has 1 heterocycles. The van der Waals surface area contributed by atoms with E-state index in [2.05, 4.69) is 14.7 Å². The number of H-pyrrole nitrogens is 1. The van der Waals surface area contributed by atoms with Gasteiger partial charge in [0, 0.05) is 6.54 Å². The lowest BCUT2D eigenvalue weighted by molar-refractivity contribution is 0.581. The highest BCUT2D eigenvalue weighted by molar-refractivity contribution is 7.89. The number of aryl methyl sites for hydroxylation is 1. The quantitative estimate of drug-likeness (QED) is 0.769. The smallest absolute Gasteiger partial charge is 0.242 e. The summed E-state index contributed by atoms with van der Waals surface area (Å²) < 4.78 is 27.1. The van der Waals surface area contributed by atoms with Crippen LogP contribution in [-0.2, 0) is 16.6 Å². The molecule has 0 saturated heterocycles. The molecular formula is C15H14ClN3O2S. The zero-order valence-electron chi connectivity index (χ0n) is 11.8. The highest BCUT2D eigenvalue weighted by Gasteiger charge is 2.16. The third-order valence-corrected chi connectivity index (χ3v) is 5.16. The van der Waals surface area contributed by atoms with Gasteiger partial charge < -0.3 is 4.98 Å². The average Bonchev–Trinajstić information content (AvgIpc) is 2.85. The zero-order chi connectivity index (χ0) is 15.7. The second-order valence-electron chi connectivity index (χ2n) is 4.93. The minimum Gasteiger partial charge on any atom is -0.342 e. The number of rotatable bonds is 4. The van der Waals surface area contributed by atoms with Crippen LogP contribution in [0.25, 0.3) is 11.0 Å². The Morgan fingerprint density at radius 3 is 2.77 bits per heavy atom. The zero-order valence-corrected chi connectivity index (χ0v) is 13.4. The molecule has 0 unspecified atom stereocenters. The summed E-state index contributed by atoms with van der Waals surface area (Å²) >= 11 is 5.94. The van der Waals surface area contributed by atoms with Crippen LogP contribution < -0.4 is 4.72 Å². The third-order valence-electron chi connectivity index (χ3n) is 3.26. The molecule has 114 valence electrons. The van der Waals surface area contributed by atoms with Gasteiger partial charge in [-0.1, -0.05) is 29.8 Å². The number of halogens is 1. The van der Waals surface area contributed by atoms with E-state index in [4.69, 9.17) is 11.6 Å². The van der Waals surface area contributed by atoms with Crippen LogP contribution in [0.5, 0.6) is 0 Å². The third kappa shape index (κ3) is 2.99. The molecular weight excluding hydrogens is 322 g/mol. The van der Waals surface area contributed by atoms with Crippen molar-refractivity contribution in [2.24, 2.45) is 0 Å². The van der Waals surface area contributed by atoms with E-state index in [9.17, 15) is 8.42 Å². The average molecular weight is 336 g/mol. The maximum Gasteiger partial charge on any atom is 0.242 e. The maximum atomic E-state index is 12.3. The van der Waals surface area contributed by atoms with Crippen LogP contribution in [0, 0.1) is 6.92 Å². The molecule has 0 radical (unpaired) electrons. The topological polar surface area (TPSA) is 74.8 Å². The molecule has 7 heteroatoms. The standard InChI is InChI=1S/C15H14ClN3O2S/c1-10-18-13-7-6-11(8-14(13)19-10)9-17-22(20,21)15-5-3-2-4-12(15)16/h2-8,17H,9H2,1H3,(H,18,19). The predicted octanol–water partition coefficient (Wildman–Crippen LogP) is 3.00. The number of sulfonamides is 1. The molecule has 0 atom stereocenters. The van der Waals surface area contributed by atoms with E-state index in [1.165, 1.54) is 6.07 Å². The fourth-order valence-corrected chi connectivity index (χ4v) is 3.75.